The molecule has 0 aliphatic carbocycles. The number of benzene rings is 2. The minimum atomic E-state index is -3.63. The summed E-state index contributed by atoms with van der Waals surface area (Å²) in [5.41, 5.74) is 4.68. The SMILES string of the molecule is CCN1CCN(c2ccc(S(=O)(=O)N(CC)CC)cc2NC(=O)Cc2ccc(C)c(C)c2)CC1. The average Bonchev–Trinajstić information content (AvgIpc) is 2.82. The van der Waals surface area contributed by atoms with Gasteiger partial charge in [0.25, 0.3) is 0 Å². The van der Waals surface area contributed by atoms with Crippen molar-refractivity contribution < 1.29 is 13.2 Å². The van der Waals surface area contributed by atoms with Crippen molar-refractivity contribution in [2.24, 2.45) is 0 Å². The normalized spacial score (nSPS) is 15.1. The first-order chi connectivity index (χ1) is 16.2. The van der Waals surface area contributed by atoms with E-state index in [1.165, 1.54) is 9.87 Å². The third kappa shape index (κ3) is 5.98. The van der Waals surface area contributed by atoms with Gasteiger partial charge in [0.2, 0.25) is 15.9 Å². The largest absolute Gasteiger partial charge is 0.367 e. The predicted octanol–water partition coefficient (Wildman–Crippen LogP) is 3.66. The van der Waals surface area contributed by atoms with Crippen LogP contribution in [-0.2, 0) is 21.2 Å². The first kappa shape index (κ1) is 26.2. The number of sulfonamides is 1. The molecule has 0 atom stereocenters. The van der Waals surface area contributed by atoms with Gasteiger partial charge in [0, 0.05) is 39.3 Å². The number of carbonyl (C=O) groups excluding carboxylic acids is 1. The topological polar surface area (TPSA) is 73.0 Å². The van der Waals surface area contributed by atoms with Crippen LogP contribution in [0, 0.1) is 13.8 Å². The highest BCUT2D eigenvalue weighted by Crippen LogP contribution is 2.31. The average molecular weight is 487 g/mol. The maximum Gasteiger partial charge on any atom is 0.243 e. The van der Waals surface area contributed by atoms with Crippen molar-refractivity contribution in [1.82, 2.24) is 9.21 Å². The predicted molar refractivity (Wildman–Crippen MR) is 139 cm³/mol. The van der Waals surface area contributed by atoms with Crippen LogP contribution in [0.5, 0.6) is 0 Å². The number of likely N-dealkylation sites (N-methyl/N-ethyl adjacent to an activating group) is 1. The molecule has 186 valence electrons. The Balaban J connectivity index is 1.91. The smallest absolute Gasteiger partial charge is 0.243 e. The number of hydrogen-bond acceptors (Lipinski definition) is 5. The summed E-state index contributed by atoms with van der Waals surface area (Å²) >= 11 is 0. The van der Waals surface area contributed by atoms with Gasteiger partial charge in [-0.05, 0) is 55.3 Å². The summed E-state index contributed by atoms with van der Waals surface area (Å²) in [6.45, 7) is 15.2. The highest BCUT2D eigenvalue weighted by Gasteiger charge is 2.25. The first-order valence-corrected chi connectivity index (χ1v) is 13.6. The molecule has 0 radical (unpaired) electrons. The van der Waals surface area contributed by atoms with Crippen molar-refractivity contribution in [3.05, 3.63) is 53.1 Å². The van der Waals surface area contributed by atoms with Gasteiger partial charge in [-0.15, -0.1) is 0 Å². The van der Waals surface area contributed by atoms with Crippen LogP contribution in [0.2, 0.25) is 0 Å². The van der Waals surface area contributed by atoms with E-state index in [1.807, 2.05) is 52.0 Å². The van der Waals surface area contributed by atoms with Crippen molar-refractivity contribution in [3.63, 3.8) is 0 Å². The number of rotatable bonds is 9. The first-order valence-electron chi connectivity index (χ1n) is 12.2. The van der Waals surface area contributed by atoms with Crippen molar-refractivity contribution in [1.29, 1.82) is 0 Å². The van der Waals surface area contributed by atoms with Crippen molar-refractivity contribution in [2.75, 3.05) is 56.0 Å². The number of nitrogens with zero attached hydrogens (tertiary/aromatic N) is 3. The molecule has 3 rings (SSSR count). The van der Waals surface area contributed by atoms with E-state index in [-0.39, 0.29) is 17.2 Å². The van der Waals surface area contributed by atoms with Crippen LogP contribution in [0.4, 0.5) is 11.4 Å². The summed E-state index contributed by atoms with van der Waals surface area (Å²) < 4.78 is 27.7. The molecular weight excluding hydrogens is 448 g/mol. The molecule has 1 aliphatic heterocycles. The zero-order valence-corrected chi connectivity index (χ0v) is 21.9. The molecule has 0 bridgehead atoms. The van der Waals surface area contributed by atoms with Gasteiger partial charge >= 0.3 is 0 Å². The van der Waals surface area contributed by atoms with Crippen LogP contribution in [0.25, 0.3) is 0 Å². The van der Waals surface area contributed by atoms with Gasteiger partial charge in [0.05, 0.1) is 22.7 Å². The highest BCUT2D eigenvalue weighted by atomic mass is 32.2. The van der Waals surface area contributed by atoms with E-state index in [2.05, 4.69) is 22.0 Å². The molecule has 8 heteroatoms. The van der Waals surface area contributed by atoms with Gasteiger partial charge in [0.1, 0.15) is 0 Å². The summed E-state index contributed by atoms with van der Waals surface area (Å²) in [7, 11) is -3.63. The number of piperazine rings is 1. The molecule has 1 N–H and O–H groups in total. The lowest BCUT2D eigenvalue weighted by Crippen LogP contribution is -2.46. The maximum absolute atomic E-state index is 13.2. The fourth-order valence-electron chi connectivity index (χ4n) is 4.36. The number of carbonyl (C=O) groups is 1. The zero-order valence-electron chi connectivity index (χ0n) is 21.1. The molecule has 34 heavy (non-hydrogen) atoms. The molecule has 0 spiro atoms. The summed E-state index contributed by atoms with van der Waals surface area (Å²) in [6, 6.07) is 11.1. The molecule has 0 aromatic heterocycles. The van der Waals surface area contributed by atoms with Gasteiger partial charge in [0.15, 0.2) is 0 Å². The van der Waals surface area contributed by atoms with E-state index < -0.39 is 10.0 Å². The Hall–Kier alpha value is -2.42. The van der Waals surface area contributed by atoms with Crippen molar-refractivity contribution >= 4 is 27.3 Å². The van der Waals surface area contributed by atoms with E-state index in [1.54, 1.807) is 12.1 Å². The highest BCUT2D eigenvalue weighted by molar-refractivity contribution is 7.89. The minimum absolute atomic E-state index is 0.158. The Kier molecular flexibility index (Phi) is 8.73. The van der Waals surface area contributed by atoms with Crippen LogP contribution in [-0.4, -0.2) is 69.3 Å². The number of amides is 1. The Morgan fingerprint density at radius 2 is 1.62 bits per heavy atom. The quantitative estimate of drug-likeness (QED) is 0.586. The molecule has 1 amide bonds. The molecule has 7 nitrogen and oxygen atoms in total. The van der Waals surface area contributed by atoms with Gasteiger partial charge in [-0.25, -0.2) is 8.42 Å². The number of nitrogens with one attached hydrogen (secondary N) is 1. The molecule has 1 fully saturated rings. The van der Waals surface area contributed by atoms with E-state index in [4.69, 9.17) is 0 Å². The summed E-state index contributed by atoms with van der Waals surface area (Å²) in [5, 5.41) is 3.03. The molecule has 0 saturated carbocycles. The molecule has 1 heterocycles. The van der Waals surface area contributed by atoms with Gasteiger partial charge in [-0.2, -0.15) is 4.31 Å². The lowest BCUT2D eigenvalue weighted by Gasteiger charge is -2.36. The fourth-order valence-corrected chi connectivity index (χ4v) is 5.85. The molecule has 2 aromatic carbocycles. The Labute approximate surface area is 204 Å². The third-order valence-electron chi connectivity index (χ3n) is 6.68. The summed E-state index contributed by atoms with van der Waals surface area (Å²) in [4.78, 5) is 17.8. The fraction of sp³-hybridized carbons (Fsp3) is 0.500. The monoisotopic (exact) mass is 486 g/mol. The second-order valence-electron chi connectivity index (χ2n) is 8.83. The van der Waals surface area contributed by atoms with Crippen LogP contribution in [0.15, 0.2) is 41.3 Å². The number of anilines is 2. The maximum atomic E-state index is 13.2. The molecule has 0 unspecified atom stereocenters. The Bertz CT molecular complexity index is 1110. The van der Waals surface area contributed by atoms with E-state index in [0.29, 0.717) is 18.8 Å². The van der Waals surface area contributed by atoms with Crippen molar-refractivity contribution in [3.8, 4) is 0 Å². The molecule has 2 aromatic rings. The standard InChI is InChI=1S/C26H38N4O3S/c1-6-28-13-15-29(16-14-28)25-12-11-23(34(32,33)30(7-2)8-3)19-24(25)27-26(31)18-22-10-9-20(4)21(5)17-22/h9-12,17,19H,6-8,13-16,18H2,1-5H3,(H,27,31). The lowest BCUT2D eigenvalue weighted by molar-refractivity contribution is -0.115. The van der Waals surface area contributed by atoms with Gasteiger partial charge in [-0.1, -0.05) is 39.0 Å². The Morgan fingerprint density at radius 1 is 0.941 bits per heavy atom. The van der Waals surface area contributed by atoms with Crippen molar-refractivity contribution in [2.45, 2.75) is 45.9 Å². The molecular formula is C26H38N4O3S. The number of aryl methyl sites for hydroxylation is 2. The summed E-state index contributed by atoms with van der Waals surface area (Å²) in [6.07, 6.45) is 0.233. The van der Waals surface area contributed by atoms with Gasteiger partial charge in [-0.3, -0.25) is 4.79 Å². The van der Waals surface area contributed by atoms with Crippen LogP contribution >= 0.6 is 0 Å². The van der Waals surface area contributed by atoms with Crippen LogP contribution < -0.4 is 10.2 Å². The third-order valence-corrected chi connectivity index (χ3v) is 8.73. The van der Waals surface area contributed by atoms with Crippen LogP contribution in [0.1, 0.15) is 37.5 Å². The Morgan fingerprint density at radius 3 is 2.21 bits per heavy atom. The second kappa shape index (κ2) is 11.3. The second-order valence-corrected chi connectivity index (χ2v) is 10.8. The van der Waals surface area contributed by atoms with E-state index >= 15 is 0 Å². The summed E-state index contributed by atoms with van der Waals surface area (Å²) in [5.74, 6) is -0.158. The number of hydrogen-bond donors (Lipinski definition) is 1. The minimum Gasteiger partial charge on any atom is -0.367 e. The molecule has 1 aliphatic rings. The van der Waals surface area contributed by atoms with E-state index in [0.717, 1.165) is 49.5 Å². The van der Waals surface area contributed by atoms with E-state index in [9.17, 15) is 13.2 Å². The van der Waals surface area contributed by atoms with Gasteiger partial charge < -0.3 is 15.1 Å². The lowest BCUT2D eigenvalue weighted by atomic mass is 10.0. The molecule has 1 saturated heterocycles. The van der Waals surface area contributed by atoms with Crippen LogP contribution in [0.3, 0.4) is 0 Å². The zero-order chi connectivity index (χ0) is 24.9.